The van der Waals surface area contributed by atoms with E-state index in [9.17, 15) is 4.39 Å². The van der Waals surface area contributed by atoms with E-state index >= 15 is 0 Å². The van der Waals surface area contributed by atoms with E-state index in [0.717, 1.165) is 24.9 Å². The molecule has 1 aliphatic heterocycles. The third-order valence-electron chi connectivity index (χ3n) is 3.12. The molecule has 1 aromatic rings. The van der Waals surface area contributed by atoms with Gasteiger partial charge in [0.15, 0.2) is 0 Å². The second-order valence-corrected chi connectivity index (χ2v) is 4.29. The Balaban J connectivity index is 2.22. The SMILES string of the molecule is C/C=C\C(=N)N1CCCC1c1cccc(F)c1. The molecular weight excluding hydrogens is 215 g/mol. The van der Waals surface area contributed by atoms with Crippen molar-refractivity contribution in [3.05, 3.63) is 47.8 Å². The van der Waals surface area contributed by atoms with Crippen LogP contribution in [0, 0.1) is 11.2 Å². The van der Waals surface area contributed by atoms with Gasteiger partial charge >= 0.3 is 0 Å². The molecule has 3 heteroatoms. The van der Waals surface area contributed by atoms with Crippen LogP contribution in [0.4, 0.5) is 4.39 Å². The van der Waals surface area contributed by atoms with E-state index < -0.39 is 0 Å². The number of halogens is 1. The van der Waals surface area contributed by atoms with Gasteiger partial charge in [-0.3, -0.25) is 5.41 Å². The number of amidine groups is 1. The predicted molar refractivity (Wildman–Crippen MR) is 67.6 cm³/mol. The summed E-state index contributed by atoms with van der Waals surface area (Å²) in [5.41, 5.74) is 0.969. The lowest BCUT2D eigenvalue weighted by molar-refractivity contribution is 0.398. The van der Waals surface area contributed by atoms with Gasteiger partial charge in [-0.2, -0.15) is 0 Å². The van der Waals surface area contributed by atoms with Crippen LogP contribution in [-0.2, 0) is 0 Å². The summed E-state index contributed by atoms with van der Waals surface area (Å²) >= 11 is 0. The molecule has 1 N–H and O–H groups in total. The molecule has 2 nitrogen and oxygen atoms in total. The van der Waals surface area contributed by atoms with E-state index in [1.165, 1.54) is 6.07 Å². The molecule has 0 bridgehead atoms. The van der Waals surface area contributed by atoms with Crippen LogP contribution in [0.15, 0.2) is 36.4 Å². The lowest BCUT2D eigenvalue weighted by Gasteiger charge is -2.26. The molecule has 0 aromatic heterocycles. The molecule has 0 radical (unpaired) electrons. The van der Waals surface area contributed by atoms with Crippen molar-refractivity contribution in [1.29, 1.82) is 5.41 Å². The molecule has 2 rings (SSSR count). The van der Waals surface area contributed by atoms with Crippen LogP contribution in [0.3, 0.4) is 0 Å². The number of allylic oxidation sites excluding steroid dienone is 1. The first-order valence-electron chi connectivity index (χ1n) is 5.95. The minimum atomic E-state index is -0.202. The van der Waals surface area contributed by atoms with Crippen LogP contribution in [-0.4, -0.2) is 17.3 Å². The maximum atomic E-state index is 13.2. The molecule has 1 atom stereocenters. The van der Waals surface area contributed by atoms with Gasteiger partial charge in [-0.25, -0.2) is 4.39 Å². The Morgan fingerprint density at radius 1 is 1.53 bits per heavy atom. The lowest BCUT2D eigenvalue weighted by Crippen LogP contribution is -2.28. The first-order valence-corrected chi connectivity index (χ1v) is 5.95. The molecule has 1 saturated heterocycles. The fourth-order valence-corrected chi connectivity index (χ4v) is 2.37. The molecule has 1 aromatic carbocycles. The molecule has 1 unspecified atom stereocenters. The van der Waals surface area contributed by atoms with Crippen molar-refractivity contribution in [2.24, 2.45) is 0 Å². The van der Waals surface area contributed by atoms with Crippen molar-refractivity contribution in [2.75, 3.05) is 6.54 Å². The average Bonchev–Trinajstić information content (AvgIpc) is 2.78. The minimum absolute atomic E-state index is 0.148. The first-order chi connectivity index (χ1) is 8.22. The van der Waals surface area contributed by atoms with E-state index in [0.29, 0.717) is 5.84 Å². The Kier molecular flexibility index (Phi) is 3.57. The highest BCUT2D eigenvalue weighted by Gasteiger charge is 2.26. The van der Waals surface area contributed by atoms with Crippen LogP contribution < -0.4 is 0 Å². The minimum Gasteiger partial charge on any atom is -0.350 e. The van der Waals surface area contributed by atoms with Gasteiger partial charge in [-0.15, -0.1) is 0 Å². The van der Waals surface area contributed by atoms with E-state index in [1.807, 2.05) is 24.0 Å². The van der Waals surface area contributed by atoms with Crippen LogP contribution in [0.25, 0.3) is 0 Å². The van der Waals surface area contributed by atoms with Crippen molar-refractivity contribution < 1.29 is 4.39 Å². The molecule has 17 heavy (non-hydrogen) atoms. The van der Waals surface area contributed by atoms with Gasteiger partial charge in [0.2, 0.25) is 0 Å². The third-order valence-corrected chi connectivity index (χ3v) is 3.12. The summed E-state index contributed by atoms with van der Waals surface area (Å²) in [5, 5.41) is 7.96. The second-order valence-electron chi connectivity index (χ2n) is 4.29. The van der Waals surface area contributed by atoms with Crippen molar-refractivity contribution in [3.63, 3.8) is 0 Å². The fourth-order valence-electron chi connectivity index (χ4n) is 2.37. The monoisotopic (exact) mass is 232 g/mol. The predicted octanol–water partition coefficient (Wildman–Crippen LogP) is 3.52. The molecule has 0 amide bonds. The summed E-state index contributed by atoms with van der Waals surface area (Å²) in [7, 11) is 0. The molecule has 1 fully saturated rings. The Morgan fingerprint density at radius 2 is 2.35 bits per heavy atom. The standard InChI is InChI=1S/C14H17FN2/c1-2-5-14(16)17-9-4-8-13(17)11-6-3-7-12(15)10-11/h2-3,5-7,10,13,16H,4,8-9H2,1H3/b5-2-,16-14?. The zero-order chi connectivity index (χ0) is 12.3. The van der Waals surface area contributed by atoms with Crippen molar-refractivity contribution in [3.8, 4) is 0 Å². The summed E-state index contributed by atoms with van der Waals surface area (Å²) in [6, 6.07) is 6.86. The summed E-state index contributed by atoms with van der Waals surface area (Å²) in [5.74, 6) is 0.311. The molecular formula is C14H17FN2. The molecule has 0 aliphatic carbocycles. The van der Waals surface area contributed by atoms with Gasteiger partial charge in [0.1, 0.15) is 11.7 Å². The number of nitrogens with one attached hydrogen (secondary N) is 1. The topological polar surface area (TPSA) is 27.1 Å². The Morgan fingerprint density at radius 3 is 3.06 bits per heavy atom. The number of rotatable bonds is 2. The van der Waals surface area contributed by atoms with Crippen molar-refractivity contribution in [2.45, 2.75) is 25.8 Å². The molecule has 1 aliphatic rings. The Hall–Kier alpha value is -1.64. The smallest absolute Gasteiger partial charge is 0.123 e. The Labute approximate surface area is 101 Å². The number of likely N-dealkylation sites (tertiary alicyclic amines) is 1. The molecule has 1 heterocycles. The second kappa shape index (κ2) is 5.13. The normalized spacial score (nSPS) is 20.1. The van der Waals surface area contributed by atoms with Crippen LogP contribution in [0.5, 0.6) is 0 Å². The van der Waals surface area contributed by atoms with Gasteiger partial charge in [-0.05, 0) is 43.5 Å². The Bertz CT molecular complexity index is 440. The summed E-state index contributed by atoms with van der Waals surface area (Å²) < 4.78 is 13.2. The van der Waals surface area contributed by atoms with Gasteiger partial charge in [0.05, 0.1) is 6.04 Å². The van der Waals surface area contributed by atoms with Crippen molar-refractivity contribution >= 4 is 5.84 Å². The van der Waals surface area contributed by atoms with Gasteiger partial charge in [-0.1, -0.05) is 18.2 Å². The van der Waals surface area contributed by atoms with Gasteiger partial charge < -0.3 is 4.90 Å². The number of benzene rings is 1. The van der Waals surface area contributed by atoms with Gasteiger partial charge in [0, 0.05) is 6.54 Å². The number of hydrogen-bond acceptors (Lipinski definition) is 1. The highest BCUT2D eigenvalue weighted by molar-refractivity contribution is 5.90. The molecule has 0 spiro atoms. The highest BCUT2D eigenvalue weighted by Crippen LogP contribution is 2.32. The van der Waals surface area contributed by atoms with E-state index in [2.05, 4.69) is 0 Å². The van der Waals surface area contributed by atoms with Gasteiger partial charge in [0.25, 0.3) is 0 Å². The van der Waals surface area contributed by atoms with Crippen LogP contribution >= 0.6 is 0 Å². The maximum absolute atomic E-state index is 13.2. The van der Waals surface area contributed by atoms with Crippen LogP contribution in [0.1, 0.15) is 31.4 Å². The molecule has 0 saturated carbocycles. The van der Waals surface area contributed by atoms with E-state index in [4.69, 9.17) is 5.41 Å². The summed E-state index contributed by atoms with van der Waals surface area (Å²) in [6.45, 7) is 2.78. The fraction of sp³-hybridized carbons (Fsp3) is 0.357. The lowest BCUT2D eigenvalue weighted by atomic mass is 10.0. The average molecular weight is 232 g/mol. The first kappa shape index (κ1) is 11.8. The van der Waals surface area contributed by atoms with E-state index in [-0.39, 0.29) is 11.9 Å². The van der Waals surface area contributed by atoms with Crippen molar-refractivity contribution in [1.82, 2.24) is 4.90 Å². The molecule has 90 valence electrons. The maximum Gasteiger partial charge on any atom is 0.123 e. The summed E-state index contributed by atoms with van der Waals surface area (Å²) in [6.07, 6.45) is 5.70. The zero-order valence-corrected chi connectivity index (χ0v) is 9.99. The number of hydrogen-bond donors (Lipinski definition) is 1. The zero-order valence-electron chi connectivity index (χ0n) is 9.99. The quantitative estimate of drug-likeness (QED) is 0.613. The highest BCUT2D eigenvalue weighted by atomic mass is 19.1. The third kappa shape index (κ3) is 2.54. The van der Waals surface area contributed by atoms with Crippen LogP contribution in [0.2, 0.25) is 0 Å². The largest absolute Gasteiger partial charge is 0.350 e. The van der Waals surface area contributed by atoms with E-state index in [1.54, 1.807) is 18.2 Å². The summed E-state index contributed by atoms with van der Waals surface area (Å²) in [4.78, 5) is 2.04. The number of nitrogens with zero attached hydrogens (tertiary/aromatic N) is 1.